The van der Waals surface area contributed by atoms with Gasteiger partial charge in [0.1, 0.15) is 11.5 Å². The van der Waals surface area contributed by atoms with E-state index < -0.39 is 0 Å². The van der Waals surface area contributed by atoms with Gasteiger partial charge in [-0.3, -0.25) is 0 Å². The van der Waals surface area contributed by atoms with Gasteiger partial charge in [0.05, 0.1) is 0 Å². The van der Waals surface area contributed by atoms with Gasteiger partial charge in [-0.15, -0.1) is 0 Å². The smallest absolute Gasteiger partial charge is 0.127 e. The molecular weight excluding hydrogens is 741 g/mol. The maximum absolute atomic E-state index is 6.40. The molecule has 0 fully saturated rings. The van der Waals surface area contributed by atoms with E-state index >= 15 is 0 Å². The van der Waals surface area contributed by atoms with Crippen LogP contribution in [0.4, 0.5) is 34.1 Å². The second-order valence-electron chi connectivity index (χ2n) is 15.7. The molecule has 61 heavy (non-hydrogen) atoms. The highest BCUT2D eigenvalue weighted by Gasteiger charge is 2.17. The molecule has 0 aliphatic rings. The molecular formula is C58H48N2O. The fourth-order valence-corrected chi connectivity index (χ4v) is 8.15. The molecule has 0 atom stereocenters. The molecule has 3 heteroatoms. The molecule has 0 amide bonds. The molecule has 9 rings (SSSR count). The molecule has 0 N–H and O–H groups in total. The molecule has 0 saturated heterocycles. The van der Waals surface area contributed by atoms with Crippen LogP contribution in [0.15, 0.2) is 218 Å². The molecule has 0 unspecified atom stereocenters. The average Bonchev–Trinajstić information content (AvgIpc) is 3.30. The van der Waals surface area contributed by atoms with Crippen molar-refractivity contribution in [3.8, 4) is 44.9 Å². The highest BCUT2D eigenvalue weighted by atomic mass is 16.5. The zero-order valence-electron chi connectivity index (χ0n) is 35.1. The molecule has 0 aliphatic carbocycles. The number of nitrogens with zero attached hydrogens (tertiary/aromatic N) is 2. The fourth-order valence-electron chi connectivity index (χ4n) is 8.15. The van der Waals surface area contributed by atoms with E-state index in [0.717, 1.165) is 56.8 Å². The Bertz CT molecular complexity index is 2870. The van der Waals surface area contributed by atoms with E-state index in [1.165, 1.54) is 44.5 Å². The number of ether oxygens (including phenoxy) is 1. The Morgan fingerprint density at radius 1 is 0.279 bits per heavy atom. The highest BCUT2D eigenvalue weighted by Crippen LogP contribution is 2.41. The Morgan fingerprint density at radius 3 is 0.885 bits per heavy atom. The summed E-state index contributed by atoms with van der Waals surface area (Å²) < 4.78 is 6.40. The van der Waals surface area contributed by atoms with Crippen LogP contribution in [0.1, 0.15) is 22.3 Å². The van der Waals surface area contributed by atoms with Crippen molar-refractivity contribution >= 4 is 34.1 Å². The lowest BCUT2D eigenvalue weighted by Crippen LogP contribution is -2.11. The van der Waals surface area contributed by atoms with E-state index in [1.807, 2.05) is 24.3 Å². The predicted molar refractivity (Wildman–Crippen MR) is 258 cm³/mol. The minimum absolute atomic E-state index is 0.782. The molecule has 0 aliphatic heterocycles. The van der Waals surface area contributed by atoms with E-state index in [1.54, 1.807) is 0 Å². The molecule has 296 valence electrons. The van der Waals surface area contributed by atoms with Gasteiger partial charge in [0, 0.05) is 34.1 Å². The van der Waals surface area contributed by atoms with Crippen molar-refractivity contribution in [1.82, 2.24) is 0 Å². The van der Waals surface area contributed by atoms with Gasteiger partial charge in [-0.05, 0) is 157 Å². The van der Waals surface area contributed by atoms with Gasteiger partial charge in [0.15, 0.2) is 0 Å². The van der Waals surface area contributed by atoms with Crippen LogP contribution in [0, 0.1) is 27.7 Å². The summed E-state index contributed by atoms with van der Waals surface area (Å²) in [6.45, 7) is 8.65. The summed E-state index contributed by atoms with van der Waals surface area (Å²) in [5, 5.41) is 0. The zero-order valence-corrected chi connectivity index (χ0v) is 35.1. The lowest BCUT2D eigenvalue weighted by molar-refractivity contribution is 0.483. The third-order valence-electron chi connectivity index (χ3n) is 11.3. The lowest BCUT2D eigenvalue weighted by Gasteiger charge is -2.27. The zero-order chi connectivity index (χ0) is 41.7. The van der Waals surface area contributed by atoms with Crippen molar-refractivity contribution < 1.29 is 4.74 Å². The summed E-state index contributed by atoms with van der Waals surface area (Å²) >= 11 is 0. The van der Waals surface area contributed by atoms with Crippen molar-refractivity contribution in [2.24, 2.45) is 0 Å². The van der Waals surface area contributed by atoms with E-state index in [4.69, 9.17) is 4.74 Å². The highest BCUT2D eigenvalue weighted by molar-refractivity contribution is 5.82. The van der Waals surface area contributed by atoms with Crippen LogP contribution in [-0.2, 0) is 0 Å². The molecule has 0 spiro atoms. The van der Waals surface area contributed by atoms with Crippen LogP contribution < -0.4 is 14.5 Å². The Hall–Kier alpha value is -7.62. The van der Waals surface area contributed by atoms with Crippen LogP contribution in [0.2, 0.25) is 0 Å². The molecule has 9 aromatic rings. The second-order valence-corrected chi connectivity index (χ2v) is 15.7. The van der Waals surface area contributed by atoms with Gasteiger partial charge in [-0.1, -0.05) is 145 Å². The maximum Gasteiger partial charge on any atom is 0.127 e. The molecule has 0 bridgehead atoms. The van der Waals surface area contributed by atoms with E-state index in [0.29, 0.717) is 0 Å². The number of aryl methyl sites for hydroxylation is 4. The fraction of sp³-hybridized carbons (Fsp3) is 0.0690. The van der Waals surface area contributed by atoms with Crippen LogP contribution in [0.5, 0.6) is 11.5 Å². The molecule has 0 saturated carbocycles. The first-order valence-electron chi connectivity index (χ1n) is 20.9. The number of rotatable bonds is 11. The van der Waals surface area contributed by atoms with Crippen LogP contribution in [-0.4, -0.2) is 0 Å². The Balaban J connectivity index is 0.932. The largest absolute Gasteiger partial charge is 0.457 e. The summed E-state index contributed by atoms with van der Waals surface area (Å²) in [4.78, 5) is 4.66. The van der Waals surface area contributed by atoms with Crippen molar-refractivity contribution in [2.75, 3.05) is 9.80 Å². The van der Waals surface area contributed by atoms with Crippen LogP contribution >= 0.6 is 0 Å². The minimum atomic E-state index is 0.782. The van der Waals surface area contributed by atoms with Crippen molar-refractivity contribution in [3.63, 3.8) is 0 Å². The summed E-state index contributed by atoms with van der Waals surface area (Å²) in [5.41, 5.74) is 18.7. The van der Waals surface area contributed by atoms with Crippen LogP contribution in [0.3, 0.4) is 0 Å². The Morgan fingerprint density at radius 2 is 0.557 bits per heavy atom. The van der Waals surface area contributed by atoms with Gasteiger partial charge >= 0.3 is 0 Å². The monoisotopic (exact) mass is 788 g/mol. The minimum Gasteiger partial charge on any atom is -0.457 e. The SMILES string of the molecule is Cc1ccc(N(c2ccc(Oc3ccc(-c4ccc(N(c5ccc(-c6ccccc6)cc5)c5ccc(C)cc5C)cc4)cc3)cc2)c2ccc(-c3ccccc3)cc2)c(C)c1. The molecule has 0 aromatic heterocycles. The number of hydrogen-bond acceptors (Lipinski definition) is 3. The number of benzene rings is 9. The standard InChI is InChI=1S/C58H48N2O/c1-41-15-37-57(43(3)39-41)59(51-25-17-47(18-26-51)45-11-7-5-8-12-45)52-29-21-49(22-30-52)50-23-33-55(34-24-50)61-56-35-31-54(32-36-56)60(58-38-16-42(2)40-44(58)4)53-27-19-48(20-28-53)46-13-9-6-10-14-46/h5-40H,1-4H3. The summed E-state index contributed by atoms with van der Waals surface area (Å²) in [6.07, 6.45) is 0. The Kier molecular flexibility index (Phi) is 11.0. The molecule has 0 heterocycles. The third-order valence-corrected chi connectivity index (χ3v) is 11.3. The van der Waals surface area contributed by atoms with E-state index in [2.05, 4.69) is 232 Å². The molecule has 9 aromatic carbocycles. The normalized spacial score (nSPS) is 11.0. The maximum atomic E-state index is 6.40. The number of anilines is 6. The number of hydrogen-bond donors (Lipinski definition) is 0. The molecule has 0 radical (unpaired) electrons. The quantitative estimate of drug-likeness (QED) is 0.130. The van der Waals surface area contributed by atoms with Crippen molar-refractivity contribution in [1.29, 1.82) is 0 Å². The third kappa shape index (κ3) is 8.59. The predicted octanol–water partition coefficient (Wildman–Crippen LogP) is 16.7. The van der Waals surface area contributed by atoms with Crippen molar-refractivity contribution in [3.05, 3.63) is 241 Å². The van der Waals surface area contributed by atoms with Gasteiger partial charge < -0.3 is 14.5 Å². The topological polar surface area (TPSA) is 15.7 Å². The first kappa shape index (κ1) is 38.9. The Labute approximate surface area is 360 Å². The summed E-state index contributed by atoms with van der Waals surface area (Å²) in [5.74, 6) is 1.57. The van der Waals surface area contributed by atoms with Gasteiger partial charge in [0.2, 0.25) is 0 Å². The summed E-state index contributed by atoms with van der Waals surface area (Å²) in [7, 11) is 0. The lowest BCUT2D eigenvalue weighted by atomic mass is 10.0. The summed E-state index contributed by atoms with van der Waals surface area (Å²) in [6, 6.07) is 77.5. The average molecular weight is 789 g/mol. The van der Waals surface area contributed by atoms with E-state index in [9.17, 15) is 0 Å². The van der Waals surface area contributed by atoms with Gasteiger partial charge in [-0.25, -0.2) is 0 Å². The van der Waals surface area contributed by atoms with E-state index in [-0.39, 0.29) is 0 Å². The van der Waals surface area contributed by atoms with Gasteiger partial charge in [-0.2, -0.15) is 0 Å². The first-order valence-corrected chi connectivity index (χ1v) is 20.9. The van der Waals surface area contributed by atoms with Crippen molar-refractivity contribution in [2.45, 2.75) is 27.7 Å². The molecule has 3 nitrogen and oxygen atoms in total. The first-order chi connectivity index (χ1) is 29.9. The van der Waals surface area contributed by atoms with Gasteiger partial charge in [0.25, 0.3) is 0 Å². The van der Waals surface area contributed by atoms with Crippen LogP contribution in [0.25, 0.3) is 33.4 Å². The second kappa shape index (κ2) is 17.3.